The lowest BCUT2D eigenvalue weighted by Crippen LogP contribution is -2.21. The zero-order valence-corrected chi connectivity index (χ0v) is 13.7. The van der Waals surface area contributed by atoms with Gasteiger partial charge in [0.25, 0.3) is 0 Å². The zero-order valence-electron chi connectivity index (χ0n) is 12.2. The average Bonchev–Trinajstić information content (AvgIpc) is 2.80. The van der Waals surface area contributed by atoms with Crippen LogP contribution < -0.4 is 0 Å². The Hall–Kier alpha value is -1.36. The maximum Gasteiger partial charge on any atom is 0.212 e. The summed E-state index contributed by atoms with van der Waals surface area (Å²) in [7, 11) is 3.93. The molecule has 1 aromatic carbocycles. The highest BCUT2D eigenvalue weighted by Gasteiger charge is 2.19. The molecule has 0 atom stereocenters. The van der Waals surface area contributed by atoms with Crippen molar-refractivity contribution in [2.45, 2.75) is 13.5 Å². The highest BCUT2D eigenvalue weighted by molar-refractivity contribution is 6.34. The number of carbonyl (C=O) groups excluding carboxylic acids is 1. The molecular weight excluding hydrogens is 309 g/mol. The molecule has 0 unspecified atom stereocenters. The number of nitrogens with zero attached hydrogens (tertiary/aromatic N) is 3. The molecule has 0 saturated heterocycles. The van der Waals surface area contributed by atoms with Gasteiger partial charge in [0.05, 0.1) is 17.8 Å². The van der Waals surface area contributed by atoms with Crippen molar-refractivity contribution < 1.29 is 4.79 Å². The van der Waals surface area contributed by atoms with Gasteiger partial charge in [-0.15, -0.1) is 0 Å². The maximum absolute atomic E-state index is 12.7. The number of hydrogen-bond acceptors (Lipinski definition) is 3. The van der Waals surface area contributed by atoms with Crippen LogP contribution in [0.15, 0.2) is 24.4 Å². The smallest absolute Gasteiger partial charge is 0.212 e. The molecule has 0 spiro atoms. The molecule has 6 heteroatoms. The Bertz CT molecular complexity index is 665. The number of ketones is 1. The van der Waals surface area contributed by atoms with E-state index in [1.54, 1.807) is 22.9 Å². The van der Waals surface area contributed by atoms with Crippen LogP contribution in [0.25, 0.3) is 0 Å². The van der Waals surface area contributed by atoms with Gasteiger partial charge in [-0.2, -0.15) is 5.10 Å². The number of carbonyl (C=O) groups is 1. The lowest BCUT2D eigenvalue weighted by Gasteiger charge is -2.12. The van der Waals surface area contributed by atoms with Gasteiger partial charge in [0, 0.05) is 17.1 Å². The first kappa shape index (κ1) is 16.0. The minimum absolute atomic E-state index is 0.143. The van der Waals surface area contributed by atoms with Crippen LogP contribution >= 0.6 is 23.2 Å². The van der Waals surface area contributed by atoms with Crippen LogP contribution in [0.1, 0.15) is 21.6 Å². The standard InChI is InChI=1S/C15H17Cl2N3O/c1-10-8-11(4-5-12(10)16)15(21)14-13(17)9-18-20(14)7-6-19(2)3/h4-5,8-9H,6-7H2,1-3H3. The zero-order chi connectivity index (χ0) is 15.6. The molecule has 112 valence electrons. The van der Waals surface area contributed by atoms with Crippen molar-refractivity contribution in [1.82, 2.24) is 14.7 Å². The van der Waals surface area contributed by atoms with Gasteiger partial charge in [0.2, 0.25) is 5.78 Å². The topological polar surface area (TPSA) is 38.1 Å². The third kappa shape index (κ3) is 3.64. The first-order valence-electron chi connectivity index (χ1n) is 6.57. The van der Waals surface area contributed by atoms with Gasteiger partial charge in [-0.05, 0) is 44.8 Å². The third-order valence-corrected chi connectivity index (χ3v) is 3.89. The Morgan fingerprint density at radius 2 is 2.00 bits per heavy atom. The molecule has 0 aliphatic carbocycles. The molecule has 0 saturated carbocycles. The van der Waals surface area contributed by atoms with Crippen molar-refractivity contribution in [3.63, 3.8) is 0 Å². The van der Waals surface area contributed by atoms with E-state index < -0.39 is 0 Å². The molecule has 0 amide bonds. The molecule has 2 rings (SSSR count). The maximum atomic E-state index is 12.7. The normalized spacial score (nSPS) is 11.1. The van der Waals surface area contributed by atoms with Crippen LogP contribution in [0, 0.1) is 6.92 Å². The number of likely N-dealkylation sites (N-methyl/N-ethyl adjacent to an activating group) is 1. The van der Waals surface area contributed by atoms with Crippen LogP contribution in [0.3, 0.4) is 0 Å². The summed E-state index contributed by atoms with van der Waals surface area (Å²) >= 11 is 12.1. The van der Waals surface area contributed by atoms with Gasteiger partial charge < -0.3 is 4.90 Å². The van der Waals surface area contributed by atoms with Crippen LogP contribution in [-0.4, -0.2) is 41.1 Å². The second-order valence-corrected chi connectivity index (χ2v) is 5.98. The first-order valence-corrected chi connectivity index (χ1v) is 7.32. The predicted molar refractivity (Wildman–Crippen MR) is 85.4 cm³/mol. The number of hydrogen-bond donors (Lipinski definition) is 0. The minimum atomic E-state index is -0.143. The van der Waals surface area contributed by atoms with Gasteiger partial charge in [0.15, 0.2) is 0 Å². The van der Waals surface area contributed by atoms with Gasteiger partial charge in [-0.3, -0.25) is 9.48 Å². The SMILES string of the molecule is Cc1cc(C(=O)c2c(Cl)cnn2CCN(C)C)ccc1Cl. The predicted octanol–water partition coefficient (Wildman–Crippen LogP) is 3.29. The summed E-state index contributed by atoms with van der Waals surface area (Å²) in [6, 6.07) is 5.19. The summed E-state index contributed by atoms with van der Waals surface area (Å²) in [6.45, 7) is 3.25. The minimum Gasteiger partial charge on any atom is -0.308 e. The average molecular weight is 326 g/mol. The largest absolute Gasteiger partial charge is 0.308 e. The summed E-state index contributed by atoms with van der Waals surface area (Å²) < 4.78 is 1.65. The van der Waals surface area contributed by atoms with Crippen LogP contribution in [0.2, 0.25) is 10.0 Å². The quantitative estimate of drug-likeness (QED) is 0.792. The number of aryl methyl sites for hydroxylation is 1. The van der Waals surface area contributed by atoms with Crippen molar-refractivity contribution in [2.75, 3.05) is 20.6 Å². The Morgan fingerprint density at radius 1 is 1.29 bits per heavy atom. The molecule has 0 radical (unpaired) electrons. The van der Waals surface area contributed by atoms with Crippen molar-refractivity contribution in [2.24, 2.45) is 0 Å². The molecule has 0 N–H and O–H groups in total. The van der Waals surface area contributed by atoms with Crippen molar-refractivity contribution >= 4 is 29.0 Å². The number of halogens is 2. The number of aromatic nitrogens is 2. The summed E-state index contributed by atoms with van der Waals surface area (Å²) in [5, 5.41) is 5.19. The van der Waals surface area contributed by atoms with Crippen molar-refractivity contribution in [1.29, 1.82) is 0 Å². The van der Waals surface area contributed by atoms with Gasteiger partial charge in [-0.1, -0.05) is 23.2 Å². The van der Waals surface area contributed by atoms with E-state index in [0.717, 1.165) is 12.1 Å². The summed E-state index contributed by atoms with van der Waals surface area (Å²) in [6.07, 6.45) is 1.51. The molecule has 1 aromatic heterocycles. The lowest BCUT2D eigenvalue weighted by molar-refractivity contribution is 0.102. The van der Waals surface area contributed by atoms with Gasteiger partial charge in [0.1, 0.15) is 5.69 Å². The molecule has 2 aromatic rings. The van der Waals surface area contributed by atoms with Crippen LogP contribution in [0.5, 0.6) is 0 Å². The lowest BCUT2D eigenvalue weighted by atomic mass is 10.1. The van der Waals surface area contributed by atoms with E-state index in [4.69, 9.17) is 23.2 Å². The molecule has 4 nitrogen and oxygen atoms in total. The molecule has 0 fully saturated rings. The van der Waals surface area contributed by atoms with E-state index in [2.05, 4.69) is 5.10 Å². The molecule has 1 heterocycles. The Labute approximate surface area is 134 Å². The van der Waals surface area contributed by atoms with Crippen molar-refractivity contribution in [3.8, 4) is 0 Å². The molecule has 0 bridgehead atoms. The van der Waals surface area contributed by atoms with E-state index in [-0.39, 0.29) is 5.78 Å². The van der Waals surface area contributed by atoms with E-state index in [0.29, 0.717) is 27.8 Å². The van der Waals surface area contributed by atoms with E-state index >= 15 is 0 Å². The highest BCUT2D eigenvalue weighted by Crippen LogP contribution is 2.22. The fourth-order valence-corrected chi connectivity index (χ4v) is 2.32. The number of rotatable bonds is 5. The first-order chi connectivity index (χ1) is 9.90. The Balaban J connectivity index is 2.34. The fraction of sp³-hybridized carbons (Fsp3) is 0.333. The van der Waals surface area contributed by atoms with Crippen molar-refractivity contribution in [3.05, 3.63) is 51.3 Å². The second-order valence-electron chi connectivity index (χ2n) is 5.16. The van der Waals surface area contributed by atoms with E-state index in [9.17, 15) is 4.79 Å². The van der Waals surface area contributed by atoms with Gasteiger partial charge in [-0.25, -0.2) is 0 Å². The van der Waals surface area contributed by atoms with Gasteiger partial charge >= 0.3 is 0 Å². The third-order valence-electron chi connectivity index (χ3n) is 3.19. The summed E-state index contributed by atoms with van der Waals surface area (Å²) in [5.41, 5.74) is 1.84. The molecule has 0 aliphatic rings. The number of benzene rings is 1. The van der Waals surface area contributed by atoms with Crippen LogP contribution in [0.4, 0.5) is 0 Å². The molecule has 0 aliphatic heterocycles. The Kier molecular flexibility index (Phi) is 5.04. The van der Waals surface area contributed by atoms with Crippen LogP contribution in [-0.2, 0) is 6.54 Å². The Morgan fingerprint density at radius 3 is 2.62 bits per heavy atom. The highest BCUT2D eigenvalue weighted by atomic mass is 35.5. The molecule has 21 heavy (non-hydrogen) atoms. The summed E-state index contributed by atoms with van der Waals surface area (Å²) in [5.74, 6) is -0.143. The van der Waals surface area contributed by atoms with E-state index in [1.165, 1.54) is 6.20 Å². The fourth-order valence-electron chi connectivity index (χ4n) is 1.98. The monoisotopic (exact) mass is 325 g/mol. The summed E-state index contributed by atoms with van der Waals surface area (Å²) in [4.78, 5) is 14.7. The van der Waals surface area contributed by atoms with E-state index in [1.807, 2.05) is 25.9 Å². The molecular formula is C15H17Cl2N3O. The second kappa shape index (κ2) is 6.60.